The molecule has 0 fully saturated rings. The quantitative estimate of drug-likeness (QED) is 0.625. The summed E-state index contributed by atoms with van der Waals surface area (Å²) in [7, 11) is 0. The lowest BCUT2D eigenvalue weighted by Crippen LogP contribution is -2.33. The van der Waals surface area contributed by atoms with E-state index in [0.29, 0.717) is 24.3 Å². The molecule has 5 nitrogen and oxygen atoms in total. The number of anilines is 1. The fraction of sp³-hybridized carbons (Fsp3) is 0.400. The first-order chi connectivity index (χ1) is 10.1. The number of hydrogen-bond donors (Lipinski definition) is 2. The molecule has 21 heavy (non-hydrogen) atoms. The Morgan fingerprint density at radius 2 is 1.86 bits per heavy atom. The number of esters is 1. The van der Waals surface area contributed by atoms with Crippen molar-refractivity contribution in [1.82, 2.24) is 5.32 Å². The Bertz CT molecular complexity index is 500. The summed E-state index contributed by atoms with van der Waals surface area (Å²) in [6.45, 7) is 4.12. The standard InChI is InChI=1S/C15H20N2O3S/c1-3-5-6-13(18)17-15(21)16-12-9-7-11(8-10-12)14(19)20-4-2/h7-10H,3-6H2,1-2H3,(H2,16,17,18,21). The van der Waals surface area contributed by atoms with Gasteiger partial charge < -0.3 is 15.4 Å². The summed E-state index contributed by atoms with van der Waals surface area (Å²) in [5.41, 5.74) is 1.17. The van der Waals surface area contributed by atoms with Gasteiger partial charge in [-0.1, -0.05) is 13.3 Å². The molecule has 1 aromatic rings. The molecule has 0 spiro atoms. The van der Waals surface area contributed by atoms with E-state index in [1.54, 1.807) is 31.2 Å². The van der Waals surface area contributed by atoms with Gasteiger partial charge in [0, 0.05) is 12.1 Å². The Morgan fingerprint density at radius 3 is 2.43 bits per heavy atom. The van der Waals surface area contributed by atoms with Gasteiger partial charge in [-0.05, 0) is 49.8 Å². The summed E-state index contributed by atoms with van der Waals surface area (Å²) < 4.78 is 4.90. The first-order valence-corrected chi connectivity index (χ1v) is 7.35. The molecule has 1 amide bonds. The Balaban J connectivity index is 2.49. The van der Waals surface area contributed by atoms with E-state index in [-0.39, 0.29) is 17.0 Å². The lowest BCUT2D eigenvalue weighted by atomic mass is 10.2. The van der Waals surface area contributed by atoms with E-state index in [4.69, 9.17) is 17.0 Å². The molecule has 0 saturated carbocycles. The van der Waals surface area contributed by atoms with Gasteiger partial charge in [0.25, 0.3) is 0 Å². The molecule has 0 aromatic heterocycles. The van der Waals surface area contributed by atoms with Crippen molar-refractivity contribution in [3.8, 4) is 0 Å². The number of rotatable bonds is 6. The summed E-state index contributed by atoms with van der Waals surface area (Å²) in [4.78, 5) is 23.0. The van der Waals surface area contributed by atoms with E-state index in [9.17, 15) is 9.59 Å². The monoisotopic (exact) mass is 308 g/mol. The third kappa shape index (κ3) is 6.35. The molecule has 0 heterocycles. The van der Waals surface area contributed by atoms with Gasteiger partial charge in [-0.15, -0.1) is 0 Å². The molecule has 6 heteroatoms. The van der Waals surface area contributed by atoms with Crippen molar-refractivity contribution in [3.63, 3.8) is 0 Å². The smallest absolute Gasteiger partial charge is 0.338 e. The van der Waals surface area contributed by atoms with Crippen LogP contribution in [-0.2, 0) is 9.53 Å². The molecule has 0 unspecified atom stereocenters. The van der Waals surface area contributed by atoms with E-state index in [2.05, 4.69) is 10.6 Å². The van der Waals surface area contributed by atoms with Crippen molar-refractivity contribution >= 4 is 34.9 Å². The van der Waals surface area contributed by atoms with Gasteiger partial charge in [0.15, 0.2) is 5.11 Å². The maximum Gasteiger partial charge on any atom is 0.338 e. The van der Waals surface area contributed by atoms with Gasteiger partial charge in [0.2, 0.25) is 5.91 Å². The normalized spacial score (nSPS) is 9.81. The zero-order valence-corrected chi connectivity index (χ0v) is 13.1. The first-order valence-electron chi connectivity index (χ1n) is 6.94. The van der Waals surface area contributed by atoms with Crippen LogP contribution < -0.4 is 10.6 Å². The average molecular weight is 308 g/mol. The fourth-order valence-corrected chi connectivity index (χ4v) is 1.82. The van der Waals surface area contributed by atoms with Gasteiger partial charge in [-0.25, -0.2) is 4.79 Å². The predicted octanol–water partition coefficient (Wildman–Crippen LogP) is 2.87. The van der Waals surface area contributed by atoms with Crippen LogP contribution in [0.15, 0.2) is 24.3 Å². The Hall–Kier alpha value is -1.95. The number of ether oxygens (including phenoxy) is 1. The van der Waals surface area contributed by atoms with E-state index in [0.717, 1.165) is 12.8 Å². The lowest BCUT2D eigenvalue weighted by molar-refractivity contribution is -0.119. The second-order valence-electron chi connectivity index (χ2n) is 4.40. The van der Waals surface area contributed by atoms with Crippen molar-refractivity contribution in [2.24, 2.45) is 0 Å². The van der Waals surface area contributed by atoms with Gasteiger partial charge in [0.05, 0.1) is 12.2 Å². The number of carbonyl (C=O) groups is 2. The lowest BCUT2D eigenvalue weighted by Gasteiger charge is -2.10. The molecule has 0 atom stereocenters. The minimum Gasteiger partial charge on any atom is -0.462 e. The summed E-state index contributed by atoms with van der Waals surface area (Å²) in [5.74, 6) is -0.461. The van der Waals surface area contributed by atoms with E-state index in [1.807, 2.05) is 6.92 Å². The highest BCUT2D eigenvalue weighted by Gasteiger charge is 2.07. The summed E-state index contributed by atoms with van der Waals surface area (Å²) in [6, 6.07) is 6.69. The SMILES string of the molecule is CCCCC(=O)NC(=S)Nc1ccc(C(=O)OCC)cc1. The van der Waals surface area contributed by atoms with E-state index < -0.39 is 0 Å². The third-order valence-corrected chi connectivity index (χ3v) is 2.87. The topological polar surface area (TPSA) is 67.4 Å². The van der Waals surface area contributed by atoms with Crippen LogP contribution >= 0.6 is 12.2 Å². The number of nitrogens with one attached hydrogen (secondary N) is 2. The molecule has 0 aliphatic rings. The zero-order chi connectivity index (χ0) is 15.7. The molecule has 0 bridgehead atoms. The van der Waals surface area contributed by atoms with Crippen LogP contribution in [0.2, 0.25) is 0 Å². The average Bonchev–Trinajstić information content (AvgIpc) is 2.46. The number of benzene rings is 1. The van der Waals surface area contributed by atoms with Crippen molar-refractivity contribution in [1.29, 1.82) is 0 Å². The molecular weight excluding hydrogens is 288 g/mol. The molecule has 1 rings (SSSR count). The number of carbonyl (C=O) groups excluding carboxylic acids is 2. The fourth-order valence-electron chi connectivity index (χ4n) is 1.59. The van der Waals surface area contributed by atoms with Crippen LogP contribution in [0, 0.1) is 0 Å². The predicted molar refractivity (Wildman–Crippen MR) is 86.3 cm³/mol. The number of hydrogen-bond acceptors (Lipinski definition) is 4. The molecule has 2 N–H and O–H groups in total. The van der Waals surface area contributed by atoms with Gasteiger partial charge in [0.1, 0.15) is 0 Å². The maximum atomic E-state index is 11.5. The highest BCUT2D eigenvalue weighted by Crippen LogP contribution is 2.10. The second-order valence-corrected chi connectivity index (χ2v) is 4.81. The molecular formula is C15H20N2O3S. The molecule has 1 aromatic carbocycles. The van der Waals surface area contributed by atoms with Gasteiger partial charge >= 0.3 is 5.97 Å². The Labute approximate surface area is 130 Å². The highest BCUT2D eigenvalue weighted by molar-refractivity contribution is 7.80. The van der Waals surface area contributed by atoms with Crippen LogP contribution in [0.25, 0.3) is 0 Å². The van der Waals surface area contributed by atoms with Crippen LogP contribution in [0.4, 0.5) is 5.69 Å². The van der Waals surface area contributed by atoms with Crippen LogP contribution in [-0.4, -0.2) is 23.6 Å². The minimum atomic E-state index is -0.362. The van der Waals surface area contributed by atoms with Crippen molar-refractivity contribution in [3.05, 3.63) is 29.8 Å². The van der Waals surface area contributed by atoms with Crippen LogP contribution in [0.3, 0.4) is 0 Å². The summed E-state index contributed by atoms with van der Waals surface area (Å²) >= 11 is 5.05. The molecule has 0 aliphatic carbocycles. The van der Waals surface area contributed by atoms with Gasteiger partial charge in [-0.3, -0.25) is 4.79 Å². The van der Waals surface area contributed by atoms with Crippen molar-refractivity contribution in [2.75, 3.05) is 11.9 Å². The Morgan fingerprint density at radius 1 is 1.19 bits per heavy atom. The number of thiocarbonyl (C=S) groups is 1. The maximum absolute atomic E-state index is 11.5. The molecule has 0 aliphatic heterocycles. The van der Waals surface area contributed by atoms with E-state index in [1.165, 1.54) is 0 Å². The van der Waals surface area contributed by atoms with E-state index >= 15 is 0 Å². The van der Waals surface area contributed by atoms with Gasteiger partial charge in [-0.2, -0.15) is 0 Å². The summed E-state index contributed by atoms with van der Waals surface area (Å²) in [6.07, 6.45) is 2.26. The summed E-state index contributed by atoms with van der Waals surface area (Å²) in [5, 5.41) is 5.76. The Kier molecular flexibility index (Phi) is 7.39. The number of amides is 1. The van der Waals surface area contributed by atoms with Crippen molar-refractivity contribution < 1.29 is 14.3 Å². The second kappa shape index (κ2) is 9.07. The molecule has 114 valence electrons. The molecule has 0 saturated heterocycles. The van der Waals surface area contributed by atoms with Crippen LogP contribution in [0.1, 0.15) is 43.5 Å². The largest absolute Gasteiger partial charge is 0.462 e. The minimum absolute atomic E-state index is 0.0995. The van der Waals surface area contributed by atoms with Crippen LogP contribution in [0.5, 0.6) is 0 Å². The zero-order valence-electron chi connectivity index (χ0n) is 12.3. The third-order valence-electron chi connectivity index (χ3n) is 2.66. The molecule has 0 radical (unpaired) electrons. The highest BCUT2D eigenvalue weighted by atomic mass is 32.1. The first kappa shape index (κ1) is 17.1. The van der Waals surface area contributed by atoms with Crippen molar-refractivity contribution in [2.45, 2.75) is 33.1 Å². The number of unbranched alkanes of at least 4 members (excludes halogenated alkanes) is 1.